The number of benzene rings is 1. The van der Waals surface area contributed by atoms with E-state index in [1.54, 1.807) is 27.7 Å². The number of furan rings is 1. The van der Waals surface area contributed by atoms with Crippen LogP contribution in [0, 0.1) is 5.92 Å². The molecule has 2 rings (SSSR count). The van der Waals surface area contributed by atoms with Gasteiger partial charge >= 0.3 is 12.1 Å². The van der Waals surface area contributed by atoms with Gasteiger partial charge in [0.1, 0.15) is 23.8 Å². The SMILES string of the molecule is CCCCCC(C(=O)NCNC(=O)c1ccc(-c2ccc(C(=O)NC(CC=O)C(=O)O)c(OCC)c2)o1)C(CC)N(C=O)OC(=O)NC(C)C. The van der Waals surface area contributed by atoms with Crippen LogP contribution in [0.3, 0.4) is 0 Å². The summed E-state index contributed by atoms with van der Waals surface area (Å²) in [6.45, 7) is 8.88. The lowest BCUT2D eigenvalue weighted by Crippen LogP contribution is -2.50. The van der Waals surface area contributed by atoms with Gasteiger partial charge in [0.15, 0.2) is 5.76 Å². The van der Waals surface area contributed by atoms with Gasteiger partial charge in [-0.1, -0.05) is 39.2 Å². The number of aldehydes is 1. The summed E-state index contributed by atoms with van der Waals surface area (Å²) in [6, 6.07) is 4.99. The predicted molar refractivity (Wildman–Crippen MR) is 180 cm³/mol. The largest absolute Gasteiger partial charge is 0.493 e. The number of carbonyl (C=O) groups is 7. The molecule has 0 spiro atoms. The third-order valence-corrected chi connectivity index (χ3v) is 7.45. The van der Waals surface area contributed by atoms with Crippen molar-refractivity contribution >= 4 is 42.5 Å². The lowest BCUT2D eigenvalue weighted by Gasteiger charge is -2.32. The van der Waals surface area contributed by atoms with Crippen LogP contribution in [-0.2, 0) is 24.0 Å². The molecule has 274 valence electrons. The Balaban J connectivity index is 2.14. The van der Waals surface area contributed by atoms with E-state index in [4.69, 9.17) is 14.0 Å². The first-order chi connectivity index (χ1) is 23.9. The van der Waals surface area contributed by atoms with E-state index in [9.17, 15) is 38.7 Å². The van der Waals surface area contributed by atoms with Crippen molar-refractivity contribution in [2.24, 2.45) is 5.92 Å². The third kappa shape index (κ3) is 12.2. The molecule has 0 radical (unpaired) electrons. The Hall–Kier alpha value is -5.41. The summed E-state index contributed by atoms with van der Waals surface area (Å²) in [5.74, 6) is -3.62. The zero-order valence-electron chi connectivity index (χ0n) is 29.0. The maximum Gasteiger partial charge on any atom is 0.431 e. The van der Waals surface area contributed by atoms with E-state index in [1.807, 2.05) is 6.92 Å². The lowest BCUT2D eigenvalue weighted by molar-refractivity contribution is -0.169. The van der Waals surface area contributed by atoms with Crippen molar-refractivity contribution in [1.29, 1.82) is 0 Å². The number of nitrogens with one attached hydrogen (secondary N) is 4. The summed E-state index contributed by atoms with van der Waals surface area (Å²) < 4.78 is 11.3. The molecule has 3 unspecified atom stereocenters. The number of hydrogen-bond acceptors (Lipinski definition) is 10. The monoisotopic (exact) mass is 701 g/mol. The van der Waals surface area contributed by atoms with Crippen LogP contribution in [0.5, 0.6) is 5.75 Å². The van der Waals surface area contributed by atoms with E-state index >= 15 is 0 Å². The molecule has 1 heterocycles. The van der Waals surface area contributed by atoms with Gasteiger partial charge in [0.2, 0.25) is 12.3 Å². The van der Waals surface area contributed by atoms with Crippen LogP contribution >= 0.6 is 0 Å². The first-order valence-corrected chi connectivity index (χ1v) is 16.5. The van der Waals surface area contributed by atoms with Crippen molar-refractivity contribution in [2.45, 2.75) is 91.3 Å². The van der Waals surface area contributed by atoms with E-state index in [0.717, 1.165) is 17.9 Å². The molecule has 0 saturated carbocycles. The van der Waals surface area contributed by atoms with Gasteiger partial charge in [-0.2, -0.15) is 5.06 Å². The van der Waals surface area contributed by atoms with Gasteiger partial charge < -0.3 is 45.2 Å². The standard InChI is InChI=1S/C34H47N5O11/c1-6-9-10-11-23(26(7-2)39(20-41)50-34(47)37-21(4)5)30(42)35-19-36-32(44)28-15-14-27(49-28)22-12-13-24(29(18-22)48-8-3)31(43)38-25(16-17-40)33(45)46/h12-15,17-18,20-21,23,25-26H,6-11,16,19H2,1-5H3,(H,35,42)(H,36,44)(H,37,47)(H,38,43)(H,45,46). The van der Waals surface area contributed by atoms with E-state index < -0.39 is 54.2 Å². The molecule has 1 aromatic heterocycles. The number of ether oxygens (including phenoxy) is 1. The second-order valence-corrected chi connectivity index (χ2v) is 11.5. The summed E-state index contributed by atoms with van der Waals surface area (Å²) >= 11 is 0. The van der Waals surface area contributed by atoms with Crippen molar-refractivity contribution in [3.63, 3.8) is 0 Å². The minimum absolute atomic E-state index is 0.0352. The Morgan fingerprint density at radius 2 is 1.70 bits per heavy atom. The van der Waals surface area contributed by atoms with Crippen molar-refractivity contribution in [1.82, 2.24) is 26.3 Å². The van der Waals surface area contributed by atoms with Gasteiger partial charge in [-0.3, -0.25) is 19.2 Å². The van der Waals surface area contributed by atoms with Crippen molar-refractivity contribution in [3.8, 4) is 17.1 Å². The predicted octanol–water partition coefficient (Wildman–Crippen LogP) is 3.40. The number of unbranched alkanes of at least 4 members (excludes halogenated alkanes) is 2. The molecule has 0 fully saturated rings. The molecule has 2 aromatic rings. The quantitative estimate of drug-likeness (QED) is 0.0518. The summed E-state index contributed by atoms with van der Waals surface area (Å²) in [7, 11) is 0. The molecule has 16 nitrogen and oxygen atoms in total. The van der Waals surface area contributed by atoms with Gasteiger partial charge in [-0.15, -0.1) is 0 Å². The fourth-order valence-corrected chi connectivity index (χ4v) is 5.02. The van der Waals surface area contributed by atoms with Crippen LogP contribution in [0.2, 0.25) is 0 Å². The van der Waals surface area contributed by atoms with Crippen molar-refractivity contribution in [3.05, 3.63) is 41.7 Å². The Labute approximate surface area is 290 Å². The number of carboxylic acids is 1. The zero-order valence-corrected chi connectivity index (χ0v) is 29.0. The first-order valence-electron chi connectivity index (χ1n) is 16.5. The number of hydroxylamine groups is 2. The number of amides is 5. The average Bonchev–Trinajstić information content (AvgIpc) is 3.57. The maximum absolute atomic E-state index is 13.3. The van der Waals surface area contributed by atoms with Crippen LogP contribution in [0.15, 0.2) is 34.7 Å². The third-order valence-electron chi connectivity index (χ3n) is 7.45. The molecule has 1 aromatic carbocycles. The number of rotatable bonds is 22. The van der Waals surface area contributed by atoms with E-state index in [0.29, 0.717) is 37.5 Å². The number of carboxylic acid groups (broad SMARTS) is 1. The number of nitrogens with zero attached hydrogens (tertiary/aromatic N) is 1. The molecule has 50 heavy (non-hydrogen) atoms. The minimum Gasteiger partial charge on any atom is -0.493 e. The van der Waals surface area contributed by atoms with Gasteiger partial charge in [0, 0.05) is 18.0 Å². The molecule has 0 bridgehead atoms. The van der Waals surface area contributed by atoms with E-state index in [1.165, 1.54) is 30.3 Å². The van der Waals surface area contributed by atoms with Crippen LogP contribution < -0.4 is 26.0 Å². The highest BCUT2D eigenvalue weighted by Crippen LogP contribution is 2.29. The molecule has 0 aliphatic heterocycles. The molecule has 0 aliphatic rings. The summed E-state index contributed by atoms with van der Waals surface area (Å²) in [5, 5.41) is 20.2. The number of carbonyl (C=O) groups excluding carboxylic acids is 6. The van der Waals surface area contributed by atoms with Crippen LogP contribution in [-0.4, -0.2) is 84.1 Å². The molecule has 5 amide bonds. The fraction of sp³-hybridized carbons (Fsp3) is 0.500. The number of aliphatic carboxylic acids is 1. The highest BCUT2D eigenvalue weighted by Gasteiger charge is 2.33. The molecule has 0 aliphatic carbocycles. The second kappa shape index (κ2) is 20.8. The fourth-order valence-electron chi connectivity index (χ4n) is 5.02. The molecular formula is C34H47N5O11. The van der Waals surface area contributed by atoms with Crippen molar-refractivity contribution in [2.75, 3.05) is 13.3 Å². The van der Waals surface area contributed by atoms with Crippen LogP contribution in [0.4, 0.5) is 4.79 Å². The molecule has 16 heteroatoms. The van der Waals surface area contributed by atoms with Gasteiger partial charge in [-0.25, -0.2) is 9.59 Å². The summed E-state index contributed by atoms with van der Waals surface area (Å²) in [6.07, 6.45) is 2.71. The Bertz CT molecular complexity index is 1480. The first kappa shape index (κ1) is 40.8. The summed E-state index contributed by atoms with van der Waals surface area (Å²) in [4.78, 5) is 90.5. The molecular weight excluding hydrogens is 654 g/mol. The lowest BCUT2D eigenvalue weighted by atomic mass is 9.90. The van der Waals surface area contributed by atoms with Gasteiger partial charge in [0.25, 0.3) is 11.8 Å². The summed E-state index contributed by atoms with van der Waals surface area (Å²) in [5.41, 5.74) is 0.484. The topological polar surface area (TPSA) is 223 Å². The number of hydrogen-bond donors (Lipinski definition) is 5. The average molecular weight is 702 g/mol. The highest BCUT2D eigenvalue weighted by molar-refractivity contribution is 6.00. The molecule has 3 atom stereocenters. The van der Waals surface area contributed by atoms with Gasteiger partial charge in [0.05, 0.1) is 30.8 Å². The Morgan fingerprint density at radius 3 is 2.30 bits per heavy atom. The normalized spacial score (nSPS) is 12.5. The maximum atomic E-state index is 13.3. The van der Waals surface area contributed by atoms with Crippen LogP contribution in [0.1, 0.15) is 94.1 Å². The smallest absolute Gasteiger partial charge is 0.431 e. The van der Waals surface area contributed by atoms with Crippen LogP contribution in [0.25, 0.3) is 11.3 Å². The van der Waals surface area contributed by atoms with Gasteiger partial charge in [-0.05, 0) is 57.9 Å². The molecule has 5 N–H and O–H groups in total. The molecule has 0 saturated heterocycles. The Morgan fingerprint density at radius 1 is 0.960 bits per heavy atom. The minimum atomic E-state index is -1.41. The Kier molecular flexibility index (Phi) is 17.0. The van der Waals surface area contributed by atoms with Crippen molar-refractivity contribution < 1.29 is 52.7 Å². The second-order valence-electron chi connectivity index (χ2n) is 11.5. The zero-order chi connectivity index (χ0) is 37.2. The van der Waals surface area contributed by atoms with E-state index in [-0.39, 0.29) is 42.2 Å². The van der Waals surface area contributed by atoms with E-state index in [2.05, 4.69) is 21.3 Å². The highest BCUT2D eigenvalue weighted by atomic mass is 16.7.